The van der Waals surface area contributed by atoms with E-state index in [-0.39, 0.29) is 23.9 Å². The van der Waals surface area contributed by atoms with Gasteiger partial charge in [0.25, 0.3) is 11.8 Å². The minimum absolute atomic E-state index is 0.0851. The van der Waals surface area contributed by atoms with E-state index in [2.05, 4.69) is 27.3 Å². The van der Waals surface area contributed by atoms with Crippen molar-refractivity contribution in [3.05, 3.63) is 66.0 Å². The number of benzene rings is 1. The van der Waals surface area contributed by atoms with Gasteiger partial charge in [-0.1, -0.05) is 30.3 Å². The summed E-state index contributed by atoms with van der Waals surface area (Å²) in [5.74, 6) is -0.215. The topological polar surface area (TPSA) is 85.8 Å². The summed E-state index contributed by atoms with van der Waals surface area (Å²) in [6.45, 7) is 3.35. The Morgan fingerprint density at radius 3 is 2.48 bits per heavy atom. The van der Waals surface area contributed by atoms with Crippen molar-refractivity contribution in [3.8, 4) is 0 Å². The molecule has 1 spiro atoms. The van der Waals surface area contributed by atoms with Crippen molar-refractivity contribution in [1.29, 1.82) is 0 Å². The zero-order valence-electron chi connectivity index (χ0n) is 18.7. The maximum atomic E-state index is 13.5. The van der Waals surface area contributed by atoms with Crippen LogP contribution in [0.5, 0.6) is 0 Å². The number of carbonyl (C=O) groups is 3. The molecule has 0 bridgehead atoms. The van der Waals surface area contributed by atoms with Gasteiger partial charge >= 0.3 is 6.03 Å². The molecule has 1 atom stereocenters. The first-order chi connectivity index (χ1) is 16.1. The predicted molar refractivity (Wildman–Crippen MR) is 122 cm³/mol. The fraction of sp³-hybridized carbons (Fsp3) is 0.440. The van der Waals surface area contributed by atoms with Gasteiger partial charge < -0.3 is 10.2 Å². The number of amides is 4. The van der Waals surface area contributed by atoms with Gasteiger partial charge in [-0.3, -0.25) is 24.4 Å². The lowest BCUT2D eigenvalue weighted by atomic mass is 9.87. The Bertz CT molecular complexity index is 1020. The summed E-state index contributed by atoms with van der Waals surface area (Å²) >= 11 is 0. The molecule has 4 heterocycles. The van der Waals surface area contributed by atoms with Crippen LogP contribution >= 0.6 is 0 Å². The molecule has 3 fully saturated rings. The van der Waals surface area contributed by atoms with Crippen molar-refractivity contribution < 1.29 is 14.4 Å². The summed E-state index contributed by atoms with van der Waals surface area (Å²) in [4.78, 5) is 48.8. The van der Waals surface area contributed by atoms with E-state index in [1.54, 1.807) is 29.4 Å². The lowest BCUT2D eigenvalue weighted by molar-refractivity contribution is -0.135. The minimum Gasteiger partial charge on any atom is -0.337 e. The molecule has 3 aliphatic rings. The van der Waals surface area contributed by atoms with Gasteiger partial charge in [0.15, 0.2) is 0 Å². The van der Waals surface area contributed by atoms with Gasteiger partial charge in [-0.2, -0.15) is 0 Å². The molecule has 0 radical (unpaired) electrons. The van der Waals surface area contributed by atoms with Gasteiger partial charge in [0.2, 0.25) is 0 Å². The van der Waals surface area contributed by atoms with Crippen molar-refractivity contribution in [2.24, 2.45) is 0 Å². The van der Waals surface area contributed by atoms with Crippen LogP contribution in [0.4, 0.5) is 4.79 Å². The van der Waals surface area contributed by atoms with E-state index in [0.717, 1.165) is 32.5 Å². The SMILES string of the molecule is O=C(c1ccncc1)N1CCCC(N2C(=O)NC3(CCN(Cc4ccccc4)CC3)C2=O)C1. The van der Waals surface area contributed by atoms with Gasteiger partial charge in [-0.15, -0.1) is 0 Å². The summed E-state index contributed by atoms with van der Waals surface area (Å²) in [6.07, 6.45) is 5.88. The van der Waals surface area contributed by atoms with Crippen LogP contribution < -0.4 is 5.32 Å². The third kappa shape index (κ3) is 4.23. The van der Waals surface area contributed by atoms with Crippen LogP contribution in [0, 0.1) is 0 Å². The van der Waals surface area contributed by atoms with E-state index >= 15 is 0 Å². The molecule has 3 saturated heterocycles. The third-order valence-corrected chi connectivity index (χ3v) is 7.13. The fourth-order valence-electron chi connectivity index (χ4n) is 5.27. The quantitative estimate of drug-likeness (QED) is 0.727. The van der Waals surface area contributed by atoms with Crippen LogP contribution in [0.1, 0.15) is 41.6 Å². The maximum absolute atomic E-state index is 13.5. The second kappa shape index (κ2) is 8.94. The molecule has 4 amide bonds. The number of likely N-dealkylation sites (tertiary alicyclic amines) is 2. The van der Waals surface area contributed by atoms with Gasteiger partial charge in [0.1, 0.15) is 5.54 Å². The summed E-state index contributed by atoms with van der Waals surface area (Å²) in [6, 6.07) is 13.1. The van der Waals surface area contributed by atoms with Crippen LogP contribution in [0.3, 0.4) is 0 Å². The first-order valence-electron chi connectivity index (χ1n) is 11.7. The number of hydrogen-bond donors (Lipinski definition) is 1. The lowest BCUT2D eigenvalue weighted by Gasteiger charge is -2.39. The van der Waals surface area contributed by atoms with Crippen LogP contribution in [0.25, 0.3) is 0 Å². The molecule has 0 aliphatic carbocycles. The molecule has 8 nitrogen and oxygen atoms in total. The van der Waals surface area contributed by atoms with Crippen molar-refractivity contribution in [2.45, 2.75) is 43.8 Å². The van der Waals surface area contributed by atoms with Crippen LogP contribution in [-0.2, 0) is 11.3 Å². The Labute approximate surface area is 193 Å². The molecule has 1 aromatic carbocycles. The van der Waals surface area contributed by atoms with Crippen LogP contribution in [-0.4, -0.2) is 75.3 Å². The van der Waals surface area contributed by atoms with Gasteiger partial charge in [-0.25, -0.2) is 4.79 Å². The molecular formula is C25H29N5O3. The third-order valence-electron chi connectivity index (χ3n) is 7.13. The molecule has 1 N–H and O–H groups in total. The number of imide groups is 1. The van der Waals surface area contributed by atoms with E-state index < -0.39 is 5.54 Å². The summed E-state index contributed by atoms with van der Waals surface area (Å²) < 4.78 is 0. The molecule has 8 heteroatoms. The van der Waals surface area contributed by atoms with Crippen LogP contribution in [0.15, 0.2) is 54.9 Å². The summed E-state index contributed by atoms with van der Waals surface area (Å²) in [7, 11) is 0. The fourth-order valence-corrected chi connectivity index (χ4v) is 5.27. The van der Waals surface area contributed by atoms with E-state index in [0.29, 0.717) is 31.5 Å². The summed E-state index contributed by atoms with van der Waals surface area (Å²) in [5.41, 5.74) is 1.00. The molecule has 5 rings (SSSR count). The Balaban J connectivity index is 1.24. The number of hydrogen-bond acceptors (Lipinski definition) is 5. The highest BCUT2D eigenvalue weighted by Crippen LogP contribution is 2.33. The van der Waals surface area contributed by atoms with Crippen molar-refractivity contribution in [1.82, 2.24) is 25.0 Å². The van der Waals surface area contributed by atoms with Gasteiger partial charge in [-0.05, 0) is 43.4 Å². The Morgan fingerprint density at radius 1 is 1.03 bits per heavy atom. The van der Waals surface area contributed by atoms with Crippen molar-refractivity contribution in [2.75, 3.05) is 26.2 Å². The number of aromatic nitrogens is 1. The smallest absolute Gasteiger partial charge is 0.325 e. The van der Waals surface area contributed by atoms with E-state index in [1.807, 2.05) is 18.2 Å². The number of piperidine rings is 2. The lowest BCUT2D eigenvalue weighted by Crippen LogP contribution is -2.56. The molecule has 3 aliphatic heterocycles. The van der Waals surface area contributed by atoms with E-state index in [4.69, 9.17) is 0 Å². The number of urea groups is 1. The highest BCUT2D eigenvalue weighted by Gasteiger charge is 2.54. The Hall–Kier alpha value is -3.26. The molecular weight excluding hydrogens is 418 g/mol. The Morgan fingerprint density at radius 2 is 1.76 bits per heavy atom. The van der Waals surface area contributed by atoms with Crippen LogP contribution in [0.2, 0.25) is 0 Å². The number of nitrogens with one attached hydrogen (secondary N) is 1. The summed E-state index contributed by atoms with van der Waals surface area (Å²) in [5, 5.41) is 3.03. The minimum atomic E-state index is -0.818. The Kier molecular flexibility index (Phi) is 5.85. The number of pyridine rings is 1. The molecule has 0 saturated carbocycles. The van der Waals surface area contributed by atoms with Crippen molar-refractivity contribution >= 4 is 17.8 Å². The highest BCUT2D eigenvalue weighted by atomic mass is 16.2. The zero-order valence-corrected chi connectivity index (χ0v) is 18.7. The van der Waals surface area contributed by atoms with Gasteiger partial charge in [0, 0.05) is 50.7 Å². The van der Waals surface area contributed by atoms with Gasteiger partial charge in [0.05, 0.1) is 6.04 Å². The second-order valence-electron chi connectivity index (χ2n) is 9.23. The maximum Gasteiger partial charge on any atom is 0.325 e. The molecule has 172 valence electrons. The number of carbonyl (C=O) groups excluding carboxylic acids is 3. The van der Waals surface area contributed by atoms with E-state index in [1.165, 1.54) is 10.5 Å². The second-order valence-corrected chi connectivity index (χ2v) is 9.23. The predicted octanol–water partition coefficient (Wildman–Crippen LogP) is 2.27. The number of rotatable bonds is 4. The molecule has 33 heavy (non-hydrogen) atoms. The molecule has 2 aromatic rings. The highest BCUT2D eigenvalue weighted by molar-refractivity contribution is 6.07. The zero-order chi connectivity index (χ0) is 22.8. The first-order valence-corrected chi connectivity index (χ1v) is 11.7. The normalized spacial score (nSPS) is 23.1. The monoisotopic (exact) mass is 447 g/mol. The average molecular weight is 448 g/mol. The average Bonchev–Trinajstić information content (AvgIpc) is 3.10. The molecule has 1 aromatic heterocycles. The molecule has 1 unspecified atom stereocenters. The first kappa shape index (κ1) is 21.6. The standard InChI is InChI=1S/C25H29N5O3/c31-22(20-8-12-26-13-9-20)29-14-4-7-21(18-29)30-23(32)25(27-24(30)33)10-15-28(16-11-25)17-19-5-2-1-3-6-19/h1-3,5-6,8-9,12-13,21H,4,7,10-11,14-18H2,(H,27,33). The number of nitrogens with zero attached hydrogens (tertiary/aromatic N) is 4. The largest absolute Gasteiger partial charge is 0.337 e. The van der Waals surface area contributed by atoms with E-state index in [9.17, 15) is 14.4 Å². The van der Waals surface area contributed by atoms with Crippen molar-refractivity contribution in [3.63, 3.8) is 0 Å².